The lowest BCUT2D eigenvalue weighted by Gasteiger charge is -2.12. The number of rotatable bonds is 6. The molecule has 1 aromatic carbocycles. The normalized spacial score (nSPS) is 10.1. The Morgan fingerprint density at radius 3 is 2.59 bits per heavy atom. The van der Waals surface area contributed by atoms with Crippen LogP contribution in [-0.2, 0) is 6.54 Å². The summed E-state index contributed by atoms with van der Waals surface area (Å²) in [6.07, 6.45) is 1.68. The van der Waals surface area contributed by atoms with Gasteiger partial charge in [0.2, 0.25) is 0 Å². The van der Waals surface area contributed by atoms with Gasteiger partial charge in [0.25, 0.3) is 5.91 Å². The molecular weight excluding hydrogens is 280 g/mol. The molecule has 0 unspecified atom stereocenters. The van der Waals surface area contributed by atoms with Gasteiger partial charge in [-0.1, -0.05) is 0 Å². The molecule has 1 aromatic heterocycles. The Labute approximate surface area is 130 Å². The summed E-state index contributed by atoms with van der Waals surface area (Å²) in [7, 11) is 3.81. The summed E-state index contributed by atoms with van der Waals surface area (Å²) in [5.41, 5.74) is 0.576. The second-order valence-electron chi connectivity index (χ2n) is 4.87. The van der Waals surface area contributed by atoms with Crippen LogP contribution in [0.25, 0.3) is 0 Å². The van der Waals surface area contributed by atoms with Crippen molar-refractivity contribution in [3.05, 3.63) is 47.9 Å². The van der Waals surface area contributed by atoms with Crippen molar-refractivity contribution in [2.24, 2.45) is 0 Å². The minimum Gasteiger partial charge on any atom is -0.494 e. The molecule has 0 aliphatic carbocycles. The number of aromatic nitrogens is 2. The molecule has 1 heterocycles. The summed E-state index contributed by atoms with van der Waals surface area (Å²) in [6.45, 7) is 2.81. The van der Waals surface area contributed by atoms with Crippen LogP contribution in [0.5, 0.6) is 5.75 Å². The fraction of sp³-hybridized carbons (Fsp3) is 0.312. The van der Waals surface area contributed by atoms with Crippen LogP contribution in [0.15, 0.2) is 36.5 Å². The van der Waals surface area contributed by atoms with Gasteiger partial charge in [0, 0.05) is 25.9 Å². The van der Waals surface area contributed by atoms with Gasteiger partial charge >= 0.3 is 0 Å². The monoisotopic (exact) mass is 300 g/mol. The highest BCUT2D eigenvalue weighted by Crippen LogP contribution is 2.12. The van der Waals surface area contributed by atoms with E-state index in [1.165, 1.54) is 0 Å². The van der Waals surface area contributed by atoms with Crippen LogP contribution in [0.1, 0.15) is 23.1 Å². The van der Waals surface area contributed by atoms with E-state index in [0.717, 1.165) is 11.6 Å². The van der Waals surface area contributed by atoms with E-state index in [1.54, 1.807) is 30.5 Å². The molecular formula is C16H20N4O2. The molecule has 0 bridgehead atoms. The summed E-state index contributed by atoms with van der Waals surface area (Å²) >= 11 is 0. The van der Waals surface area contributed by atoms with E-state index >= 15 is 0 Å². The average Bonchev–Trinajstić information content (AvgIpc) is 2.54. The quantitative estimate of drug-likeness (QED) is 0.882. The Morgan fingerprint density at radius 2 is 1.95 bits per heavy atom. The first-order chi connectivity index (χ1) is 10.6. The van der Waals surface area contributed by atoms with Gasteiger partial charge in [0.1, 0.15) is 17.4 Å². The molecule has 0 radical (unpaired) electrons. The lowest BCUT2D eigenvalue weighted by molar-refractivity contribution is 0.0950. The highest BCUT2D eigenvalue weighted by Gasteiger charge is 2.07. The van der Waals surface area contributed by atoms with E-state index in [0.29, 0.717) is 18.0 Å². The van der Waals surface area contributed by atoms with E-state index in [-0.39, 0.29) is 12.5 Å². The number of amides is 1. The first-order valence-electron chi connectivity index (χ1n) is 7.10. The minimum atomic E-state index is -0.165. The van der Waals surface area contributed by atoms with Crippen LogP contribution >= 0.6 is 0 Å². The lowest BCUT2D eigenvalue weighted by Crippen LogP contribution is -2.24. The first kappa shape index (κ1) is 15.8. The summed E-state index contributed by atoms with van der Waals surface area (Å²) in [4.78, 5) is 22.5. The van der Waals surface area contributed by atoms with Crippen molar-refractivity contribution >= 4 is 11.7 Å². The fourth-order valence-electron chi connectivity index (χ4n) is 1.85. The highest BCUT2D eigenvalue weighted by atomic mass is 16.5. The van der Waals surface area contributed by atoms with E-state index in [1.807, 2.05) is 32.0 Å². The van der Waals surface area contributed by atoms with Crippen molar-refractivity contribution in [3.63, 3.8) is 0 Å². The van der Waals surface area contributed by atoms with Gasteiger partial charge in [0.15, 0.2) is 0 Å². The Morgan fingerprint density at radius 1 is 1.23 bits per heavy atom. The zero-order chi connectivity index (χ0) is 15.9. The number of carbonyl (C=O) groups is 1. The smallest absolute Gasteiger partial charge is 0.251 e. The first-order valence-corrected chi connectivity index (χ1v) is 7.10. The molecule has 0 fully saturated rings. The van der Waals surface area contributed by atoms with E-state index in [2.05, 4.69) is 15.3 Å². The number of anilines is 1. The molecule has 2 rings (SSSR count). The molecule has 116 valence electrons. The predicted molar refractivity (Wildman–Crippen MR) is 85.1 cm³/mol. The van der Waals surface area contributed by atoms with Crippen LogP contribution in [0, 0.1) is 0 Å². The standard InChI is InChI=1S/C16H20N4O2/c1-4-22-13-7-5-12(6-8-13)16(21)18-11-14-17-10-9-15(19-14)20(2)3/h5-10H,4,11H2,1-3H3,(H,18,21). The van der Waals surface area contributed by atoms with Crippen LogP contribution in [-0.4, -0.2) is 36.6 Å². The molecule has 0 aliphatic rings. The molecule has 0 saturated heterocycles. The van der Waals surface area contributed by atoms with Gasteiger partial charge < -0.3 is 15.0 Å². The largest absolute Gasteiger partial charge is 0.494 e. The Balaban J connectivity index is 1.96. The van der Waals surface area contributed by atoms with Crippen molar-refractivity contribution in [2.75, 3.05) is 25.6 Å². The number of nitrogens with one attached hydrogen (secondary N) is 1. The molecule has 1 N–H and O–H groups in total. The topological polar surface area (TPSA) is 67.3 Å². The molecule has 0 aliphatic heterocycles. The third-order valence-electron chi connectivity index (χ3n) is 2.98. The number of hydrogen-bond acceptors (Lipinski definition) is 5. The van der Waals surface area contributed by atoms with Gasteiger partial charge in [-0.05, 0) is 37.3 Å². The van der Waals surface area contributed by atoms with Crippen molar-refractivity contribution in [3.8, 4) is 5.75 Å². The third-order valence-corrected chi connectivity index (χ3v) is 2.98. The maximum absolute atomic E-state index is 12.1. The SMILES string of the molecule is CCOc1ccc(C(=O)NCc2nccc(N(C)C)n2)cc1. The number of hydrogen-bond donors (Lipinski definition) is 1. The number of nitrogens with zero attached hydrogens (tertiary/aromatic N) is 3. The van der Waals surface area contributed by atoms with E-state index in [4.69, 9.17) is 4.74 Å². The highest BCUT2D eigenvalue weighted by molar-refractivity contribution is 5.94. The minimum absolute atomic E-state index is 0.165. The zero-order valence-corrected chi connectivity index (χ0v) is 13.0. The van der Waals surface area contributed by atoms with Gasteiger partial charge in [0.05, 0.1) is 13.2 Å². The van der Waals surface area contributed by atoms with E-state index < -0.39 is 0 Å². The summed E-state index contributed by atoms with van der Waals surface area (Å²) in [6, 6.07) is 8.84. The van der Waals surface area contributed by atoms with Crippen LogP contribution in [0.4, 0.5) is 5.82 Å². The van der Waals surface area contributed by atoms with Crippen molar-refractivity contribution in [1.82, 2.24) is 15.3 Å². The number of carbonyl (C=O) groups excluding carboxylic acids is 1. The van der Waals surface area contributed by atoms with Crippen LogP contribution in [0.3, 0.4) is 0 Å². The van der Waals surface area contributed by atoms with Gasteiger partial charge in [-0.15, -0.1) is 0 Å². The number of benzene rings is 1. The lowest BCUT2D eigenvalue weighted by atomic mass is 10.2. The van der Waals surface area contributed by atoms with Crippen LogP contribution < -0.4 is 15.0 Å². The van der Waals surface area contributed by atoms with Gasteiger partial charge in [-0.2, -0.15) is 0 Å². The van der Waals surface area contributed by atoms with Crippen LogP contribution in [0.2, 0.25) is 0 Å². The molecule has 22 heavy (non-hydrogen) atoms. The maximum atomic E-state index is 12.1. The molecule has 6 nitrogen and oxygen atoms in total. The number of ether oxygens (including phenoxy) is 1. The van der Waals surface area contributed by atoms with Gasteiger partial charge in [-0.3, -0.25) is 4.79 Å². The fourth-order valence-corrected chi connectivity index (χ4v) is 1.85. The Hall–Kier alpha value is -2.63. The van der Waals surface area contributed by atoms with Crippen molar-refractivity contribution in [1.29, 1.82) is 0 Å². The third kappa shape index (κ3) is 4.18. The summed E-state index contributed by atoms with van der Waals surface area (Å²) in [5.74, 6) is 1.97. The van der Waals surface area contributed by atoms with Crippen molar-refractivity contribution in [2.45, 2.75) is 13.5 Å². The predicted octanol–water partition coefficient (Wildman–Crippen LogP) is 1.87. The second-order valence-corrected chi connectivity index (χ2v) is 4.87. The molecule has 0 saturated carbocycles. The zero-order valence-electron chi connectivity index (χ0n) is 13.0. The Kier molecular flexibility index (Phi) is 5.30. The molecule has 0 spiro atoms. The van der Waals surface area contributed by atoms with E-state index in [9.17, 15) is 4.79 Å². The molecule has 2 aromatic rings. The van der Waals surface area contributed by atoms with Gasteiger partial charge in [-0.25, -0.2) is 9.97 Å². The molecule has 0 atom stereocenters. The summed E-state index contributed by atoms with van der Waals surface area (Å²) in [5, 5.41) is 2.81. The maximum Gasteiger partial charge on any atom is 0.251 e. The molecule has 6 heteroatoms. The van der Waals surface area contributed by atoms with Crippen molar-refractivity contribution < 1.29 is 9.53 Å². The average molecular weight is 300 g/mol. The summed E-state index contributed by atoms with van der Waals surface area (Å²) < 4.78 is 5.35. The Bertz CT molecular complexity index is 626. The second kappa shape index (κ2) is 7.40. The molecule has 1 amide bonds.